The number of nitrogens with zero attached hydrogens (tertiary/aromatic N) is 2. The van der Waals surface area contributed by atoms with Crippen molar-refractivity contribution in [2.75, 3.05) is 39.3 Å². The van der Waals surface area contributed by atoms with E-state index in [9.17, 15) is 13.6 Å². The molecule has 1 aliphatic heterocycles. The number of nitrogens with two attached hydrogens (primary N) is 1. The first-order valence-corrected chi connectivity index (χ1v) is 13.0. The quantitative estimate of drug-likeness (QED) is 0.409. The number of aryl methyl sites for hydroxylation is 2. The van der Waals surface area contributed by atoms with Gasteiger partial charge < -0.3 is 5.73 Å². The van der Waals surface area contributed by atoms with Gasteiger partial charge in [-0.1, -0.05) is 42.5 Å². The molecule has 37 heavy (non-hydrogen) atoms. The zero-order valence-corrected chi connectivity index (χ0v) is 21.7. The summed E-state index contributed by atoms with van der Waals surface area (Å²) in [7, 11) is 0. The van der Waals surface area contributed by atoms with Gasteiger partial charge in [-0.05, 0) is 68.6 Å². The molecule has 0 saturated carbocycles. The number of benzene rings is 3. The molecule has 0 aromatic heterocycles. The Balaban J connectivity index is 1.46. The topological polar surface area (TPSA) is 58.4 Å². The van der Waals surface area contributed by atoms with Gasteiger partial charge in [0.25, 0.3) is 5.91 Å². The third kappa shape index (κ3) is 6.60. The normalized spacial score (nSPS) is 18.6. The first-order valence-electron chi connectivity index (χ1n) is 13.0. The summed E-state index contributed by atoms with van der Waals surface area (Å²) in [4.78, 5) is 14.6. The van der Waals surface area contributed by atoms with Crippen molar-refractivity contribution < 1.29 is 13.6 Å². The third-order valence-corrected chi connectivity index (χ3v) is 7.45. The standard InChI is InChI=1S/C30H36F2N4O/c1-22-5-3-6-23(2)30(22)36(21-29(33)37)20-19-35(18-16-34-36)17-4-7-28(24-8-12-26(31)13-9-24)25-10-14-27(32)15-11-25/h3,5-6,8-15,28,34H,4,7,16-21H2,1-2H3,(H-,33,37)/p+1. The molecule has 1 amide bonds. The molecular formula is C30H37F2N4O+. The molecule has 3 aromatic carbocycles. The largest absolute Gasteiger partial charge is 0.365 e. The van der Waals surface area contributed by atoms with Crippen LogP contribution in [0, 0.1) is 25.5 Å². The Morgan fingerprint density at radius 2 is 1.51 bits per heavy atom. The van der Waals surface area contributed by atoms with E-state index >= 15 is 0 Å². The highest BCUT2D eigenvalue weighted by molar-refractivity contribution is 5.78. The summed E-state index contributed by atoms with van der Waals surface area (Å²) in [5, 5.41) is 0. The lowest BCUT2D eigenvalue weighted by Crippen LogP contribution is -2.64. The number of hydrogen-bond acceptors (Lipinski definition) is 3. The van der Waals surface area contributed by atoms with Crippen molar-refractivity contribution in [2.45, 2.75) is 32.6 Å². The first kappa shape index (κ1) is 26.9. The summed E-state index contributed by atoms with van der Waals surface area (Å²) in [6.07, 6.45) is 1.79. The Morgan fingerprint density at radius 3 is 2.05 bits per heavy atom. The van der Waals surface area contributed by atoms with Crippen molar-refractivity contribution >= 4 is 11.6 Å². The van der Waals surface area contributed by atoms with Gasteiger partial charge >= 0.3 is 0 Å². The SMILES string of the molecule is Cc1cccc(C)c1[N+]1(CC(N)=O)CCN(CCCC(c2ccc(F)cc2)c2ccc(F)cc2)CCN1. The van der Waals surface area contributed by atoms with Crippen molar-refractivity contribution in [3.63, 3.8) is 0 Å². The Hall–Kier alpha value is -3.13. The number of primary amides is 1. The molecule has 1 unspecified atom stereocenters. The van der Waals surface area contributed by atoms with E-state index in [2.05, 4.69) is 36.3 Å². The van der Waals surface area contributed by atoms with E-state index < -0.39 is 0 Å². The van der Waals surface area contributed by atoms with E-state index in [-0.39, 0.29) is 30.0 Å². The van der Waals surface area contributed by atoms with Crippen LogP contribution in [0.4, 0.5) is 14.5 Å². The molecule has 5 nitrogen and oxygen atoms in total. The molecule has 0 spiro atoms. The molecule has 0 aliphatic carbocycles. The van der Waals surface area contributed by atoms with Gasteiger partial charge in [0.1, 0.15) is 18.2 Å². The minimum Gasteiger partial charge on any atom is -0.365 e. The van der Waals surface area contributed by atoms with Crippen LogP contribution in [-0.2, 0) is 4.79 Å². The van der Waals surface area contributed by atoms with Gasteiger partial charge in [-0.3, -0.25) is 9.69 Å². The highest BCUT2D eigenvalue weighted by atomic mass is 19.1. The number of halogens is 2. The predicted octanol–water partition coefficient (Wildman–Crippen LogP) is 4.81. The molecule has 1 aliphatic rings. The maximum absolute atomic E-state index is 13.6. The van der Waals surface area contributed by atoms with Crippen LogP contribution in [0.15, 0.2) is 66.7 Å². The van der Waals surface area contributed by atoms with Gasteiger partial charge in [-0.15, -0.1) is 0 Å². The van der Waals surface area contributed by atoms with Crippen molar-refractivity contribution in [1.82, 2.24) is 14.9 Å². The fourth-order valence-corrected chi connectivity index (χ4v) is 5.74. The van der Waals surface area contributed by atoms with Crippen LogP contribution < -0.4 is 15.8 Å². The van der Waals surface area contributed by atoms with Gasteiger partial charge in [0.05, 0.1) is 6.54 Å². The molecule has 7 heteroatoms. The zero-order valence-electron chi connectivity index (χ0n) is 21.7. The van der Waals surface area contributed by atoms with Gasteiger partial charge in [-0.2, -0.15) is 5.43 Å². The summed E-state index contributed by atoms with van der Waals surface area (Å²) in [5.41, 5.74) is 14.8. The maximum atomic E-state index is 13.6. The summed E-state index contributed by atoms with van der Waals surface area (Å²) in [6.45, 7) is 8.42. The lowest BCUT2D eigenvalue weighted by Gasteiger charge is -2.37. The fraction of sp³-hybridized carbons (Fsp3) is 0.367. The number of amides is 1. The number of quaternary nitrogens is 1. The number of nitrogens with one attached hydrogen (secondary N) is 1. The minimum atomic E-state index is -0.329. The average molecular weight is 508 g/mol. The monoisotopic (exact) mass is 507 g/mol. The molecule has 3 aromatic rings. The molecule has 0 bridgehead atoms. The van der Waals surface area contributed by atoms with E-state index in [0.29, 0.717) is 4.59 Å². The molecule has 1 atom stereocenters. The summed E-state index contributed by atoms with van der Waals surface area (Å²) < 4.78 is 27.5. The lowest BCUT2D eigenvalue weighted by atomic mass is 9.87. The second-order valence-electron chi connectivity index (χ2n) is 10.1. The van der Waals surface area contributed by atoms with Crippen molar-refractivity contribution in [3.8, 4) is 0 Å². The van der Waals surface area contributed by atoms with Gasteiger partial charge in [0.2, 0.25) is 0 Å². The molecule has 1 fully saturated rings. The Morgan fingerprint density at radius 1 is 0.946 bits per heavy atom. The van der Waals surface area contributed by atoms with Crippen LogP contribution in [0.25, 0.3) is 0 Å². The zero-order chi connectivity index (χ0) is 26.4. The van der Waals surface area contributed by atoms with E-state index in [1.54, 1.807) is 0 Å². The smallest absolute Gasteiger partial charge is 0.275 e. The lowest BCUT2D eigenvalue weighted by molar-refractivity contribution is -0.119. The number of rotatable bonds is 9. The van der Waals surface area contributed by atoms with Crippen molar-refractivity contribution in [1.29, 1.82) is 0 Å². The van der Waals surface area contributed by atoms with Gasteiger partial charge in [0, 0.05) is 30.1 Å². The summed E-state index contributed by atoms with van der Waals surface area (Å²) >= 11 is 0. The van der Waals surface area contributed by atoms with E-state index in [1.807, 2.05) is 30.3 Å². The molecule has 3 N–H and O–H groups in total. The van der Waals surface area contributed by atoms with Crippen LogP contribution in [-0.4, -0.2) is 50.1 Å². The molecular weight excluding hydrogens is 470 g/mol. The van der Waals surface area contributed by atoms with E-state index in [0.717, 1.165) is 73.5 Å². The van der Waals surface area contributed by atoms with E-state index in [4.69, 9.17) is 5.73 Å². The maximum Gasteiger partial charge on any atom is 0.275 e. The Bertz CT molecular complexity index is 1130. The van der Waals surface area contributed by atoms with Crippen LogP contribution in [0.2, 0.25) is 0 Å². The average Bonchev–Trinajstić information content (AvgIpc) is 3.05. The van der Waals surface area contributed by atoms with Crippen LogP contribution >= 0.6 is 0 Å². The summed E-state index contributed by atoms with van der Waals surface area (Å²) in [5.74, 6) is -0.795. The Kier molecular flexibility index (Phi) is 8.69. The Labute approximate surface area is 218 Å². The van der Waals surface area contributed by atoms with Crippen LogP contribution in [0.3, 0.4) is 0 Å². The van der Waals surface area contributed by atoms with Crippen LogP contribution in [0.5, 0.6) is 0 Å². The minimum absolute atomic E-state index is 0.0608. The van der Waals surface area contributed by atoms with E-state index in [1.165, 1.54) is 24.3 Å². The number of carbonyl (C=O) groups excluding carboxylic acids is 1. The molecule has 196 valence electrons. The second kappa shape index (κ2) is 11.9. The molecule has 0 radical (unpaired) electrons. The molecule has 1 heterocycles. The predicted molar refractivity (Wildman–Crippen MR) is 145 cm³/mol. The third-order valence-electron chi connectivity index (χ3n) is 7.45. The fourth-order valence-electron chi connectivity index (χ4n) is 5.74. The van der Waals surface area contributed by atoms with Crippen LogP contribution in [0.1, 0.15) is 41.0 Å². The molecule has 4 rings (SSSR count). The summed E-state index contributed by atoms with van der Waals surface area (Å²) in [6, 6.07) is 19.4. The first-order chi connectivity index (χ1) is 17.8. The highest BCUT2D eigenvalue weighted by Gasteiger charge is 2.38. The van der Waals surface area contributed by atoms with Gasteiger partial charge in [-0.25, -0.2) is 13.4 Å². The van der Waals surface area contributed by atoms with Gasteiger partial charge in [0.15, 0.2) is 12.2 Å². The van der Waals surface area contributed by atoms with Crippen molar-refractivity contribution in [2.24, 2.45) is 5.73 Å². The molecule has 1 saturated heterocycles. The number of hydrogen-bond donors (Lipinski definition) is 2. The second-order valence-corrected chi connectivity index (χ2v) is 10.1. The van der Waals surface area contributed by atoms with Crippen molar-refractivity contribution in [3.05, 3.63) is 101 Å². The highest BCUT2D eigenvalue weighted by Crippen LogP contribution is 2.31. The number of para-hydroxylation sites is 1. The number of carbonyl (C=O) groups is 1.